The van der Waals surface area contributed by atoms with Crippen molar-refractivity contribution in [1.82, 2.24) is 19.7 Å². The van der Waals surface area contributed by atoms with Crippen molar-refractivity contribution < 1.29 is 26.3 Å². The number of nitrogens with one attached hydrogen (secondary N) is 2. The maximum Gasteiger partial charge on any atom is 0.423 e. The third-order valence-electron chi connectivity index (χ3n) is 6.11. The summed E-state index contributed by atoms with van der Waals surface area (Å²) in [6.07, 6.45) is -4.61. The summed E-state index contributed by atoms with van der Waals surface area (Å²) in [5.41, 5.74) is 1.45. The van der Waals surface area contributed by atoms with Gasteiger partial charge in [0, 0.05) is 24.3 Å². The van der Waals surface area contributed by atoms with Crippen LogP contribution in [0, 0.1) is 5.82 Å². The molecule has 0 fully saturated rings. The summed E-state index contributed by atoms with van der Waals surface area (Å²) in [5, 5.41) is 8.28. The molecule has 0 bridgehead atoms. The van der Waals surface area contributed by atoms with E-state index in [2.05, 4.69) is 15.4 Å². The van der Waals surface area contributed by atoms with E-state index in [-0.39, 0.29) is 23.2 Å². The number of anilines is 2. The van der Waals surface area contributed by atoms with E-state index >= 15 is 0 Å². The Balaban J connectivity index is 1.49. The molecule has 3 heterocycles. The first-order chi connectivity index (χ1) is 18.4. The lowest BCUT2D eigenvalue weighted by molar-refractivity contribution is -0.138. The van der Waals surface area contributed by atoms with Crippen molar-refractivity contribution in [2.75, 3.05) is 11.1 Å². The first-order valence-corrected chi connectivity index (χ1v) is 11.7. The molecule has 0 saturated heterocycles. The molecule has 8 nitrogen and oxygen atoms in total. The highest BCUT2D eigenvalue weighted by molar-refractivity contribution is 5.86. The minimum atomic E-state index is -4.87. The topological polar surface area (TPSA) is 119 Å². The Morgan fingerprint density at radius 1 is 1.15 bits per heavy atom. The van der Waals surface area contributed by atoms with Gasteiger partial charge in [-0.1, -0.05) is 0 Å². The Kier molecular flexibility index (Phi) is 7.65. The second-order valence-corrected chi connectivity index (χ2v) is 8.88. The van der Waals surface area contributed by atoms with Gasteiger partial charge in [-0.15, -0.1) is 0 Å². The van der Waals surface area contributed by atoms with Gasteiger partial charge in [0.2, 0.25) is 0 Å². The van der Waals surface area contributed by atoms with Crippen LogP contribution in [0.4, 0.5) is 37.8 Å². The van der Waals surface area contributed by atoms with Gasteiger partial charge in [-0.25, -0.2) is 23.3 Å². The molecule has 206 valence electrons. The Hall–Kier alpha value is -4.36. The predicted octanol–water partition coefficient (Wildman–Crippen LogP) is 5.11. The third-order valence-corrected chi connectivity index (χ3v) is 6.11. The number of fused-ring (bicyclic) bond motifs is 1. The van der Waals surface area contributed by atoms with Crippen LogP contribution >= 0.6 is 0 Å². The Labute approximate surface area is 216 Å². The van der Waals surface area contributed by atoms with E-state index in [4.69, 9.17) is 5.73 Å². The van der Waals surface area contributed by atoms with Gasteiger partial charge in [0.1, 0.15) is 17.2 Å². The molecule has 1 aromatic carbocycles. The molecule has 3 aromatic heterocycles. The van der Waals surface area contributed by atoms with Crippen LogP contribution in [0.15, 0.2) is 52.3 Å². The van der Waals surface area contributed by atoms with Gasteiger partial charge < -0.3 is 15.6 Å². The Morgan fingerprint density at radius 2 is 1.90 bits per heavy atom. The monoisotopic (exact) mass is 552 g/mol. The summed E-state index contributed by atoms with van der Waals surface area (Å²) in [6, 6.07) is 5.77. The van der Waals surface area contributed by atoms with E-state index in [1.54, 1.807) is 18.1 Å². The number of rotatable bonds is 8. The number of nitrogen functional groups attached to an aromatic ring is 1. The lowest BCUT2D eigenvalue weighted by atomic mass is 10.0. The molecule has 0 aliphatic carbocycles. The number of benzene rings is 1. The highest BCUT2D eigenvalue weighted by Gasteiger charge is 2.37. The van der Waals surface area contributed by atoms with Crippen molar-refractivity contribution in [3.63, 3.8) is 0 Å². The van der Waals surface area contributed by atoms with Crippen molar-refractivity contribution in [3.05, 3.63) is 80.4 Å². The third kappa shape index (κ3) is 5.89. The molecule has 0 unspecified atom stereocenters. The fourth-order valence-electron chi connectivity index (χ4n) is 4.19. The summed E-state index contributed by atoms with van der Waals surface area (Å²) in [6.45, 7) is 1.81. The number of H-pyrrole nitrogens is 1. The Bertz CT molecular complexity index is 1630. The molecule has 4 aromatic rings. The predicted molar refractivity (Wildman–Crippen MR) is 133 cm³/mol. The van der Waals surface area contributed by atoms with Crippen molar-refractivity contribution >= 4 is 22.3 Å². The number of aryl methyl sites for hydroxylation is 1. The number of halogens is 6. The minimum absolute atomic E-state index is 0.0143. The molecule has 0 amide bonds. The van der Waals surface area contributed by atoms with Crippen LogP contribution in [0.1, 0.15) is 37.3 Å². The summed E-state index contributed by atoms with van der Waals surface area (Å²) in [4.78, 5) is 28.4. The second-order valence-electron chi connectivity index (χ2n) is 8.88. The van der Waals surface area contributed by atoms with E-state index in [0.717, 1.165) is 18.3 Å². The zero-order chi connectivity index (χ0) is 28.5. The number of alkyl halides is 5. The average Bonchev–Trinajstić information content (AvgIpc) is 2.84. The lowest BCUT2D eigenvalue weighted by Crippen LogP contribution is -2.27. The van der Waals surface area contributed by atoms with Crippen LogP contribution in [0.3, 0.4) is 0 Å². The number of pyridine rings is 2. The highest BCUT2D eigenvalue weighted by atomic mass is 19.4. The van der Waals surface area contributed by atoms with Crippen LogP contribution in [0.25, 0.3) is 22.0 Å². The average molecular weight is 552 g/mol. The maximum absolute atomic E-state index is 14.9. The quantitative estimate of drug-likeness (QED) is 0.262. The molecule has 14 heteroatoms. The Morgan fingerprint density at radius 3 is 2.56 bits per heavy atom. The molecule has 0 aliphatic heterocycles. The number of nitrogens with two attached hydrogens (primary N) is 1. The smallest absolute Gasteiger partial charge is 0.383 e. The molecule has 4 rings (SSSR count). The van der Waals surface area contributed by atoms with Crippen LogP contribution in [-0.2, 0) is 12.7 Å². The standard InChI is InChI=1S/C25H22F6N6O2/c1-12(34-19-11-33-36-23(38)20(19)25(29,30)31)3-2-7-37-8-6-13-9-16(17(26)10-15(13)24(37)39)18-5-4-14(21(27)28)22(32)35-18/h4-6,8-12,21H,2-3,7H2,1H3,(H2,32,35)(H2,34,36,38)/t12-/m0/s1. The zero-order valence-corrected chi connectivity index (χ0v) is 20.3. The fraction of sp³-hybridized carbons (Fsp3) is 0.280. The van der Waals surface area contributed by atoms with Gasteiger partial charge >= 0.3 is 6.18 Å². The molecule has 1 atom stereocenters. The van der Waals surface area contributed by atoms with Gasteiger partial charge in [-0.3, -0.25) is 9.59 Å². The maximum atomic E-state index is 14.9. The fourth-order valence-corrected chi connectivity index (χ4v) is 4.19. The van der Waals surface area contributed by atoms with E-state index in [1.807, 2.05) is 0 Å². The van der Waals surface area contributed by atoms with Gasteiger partial charge in [0.25, 0.3) is 17.5 Å². The van der Waals surface area contributed by atoms with Gasteiger partial charge in [0.15, 0.2) is 0 Å². The van der Waals surface area contributed by atoms with Crippen molar-refractivity contribution in [3.8, 4) is 11.3 Å². The first kappa shape index (κ1) is 27.7. The molecule has 0 spiro atoms. The van der Waals surface area contributed by atoms with E-state index < -0.39 is 58.2 Å². The van der Waals surface area contributed by atoms with Crippen LogP contribution in [-0.4, -0.2) is 25.8 Å². The first-order valence-electron chi connectivity index (χ1n) is 11.7. The van der Waals surface area contributed by atoms with Crippen molar-refractivity contribution in [1.29, 1.82) is 0 Å². The molecular weight excluding hydrogens is 530 g/mol. The van der Waals surface area contributed by atoms with Gasteiger partial charge in [-0.05, 0) is 55.5 Å². The molecule has 4 N–H and O–H groups in total. The van der Waals surface area contributed by atoms with Crippen molar-refractivity contribution in [2.24, 2.45) is 0 Å². The molecular formula is C25H22F6N6O2. The minimum Gasteiger partial charge on any atom is -0.383 e. The highest BCUT2D eigenvalue weighted by Crippen LogP contribution is 2.32. The second kappa shape index (κ2) is 10.8. The number of aromatic amines is 1. The van der Waals surface area contributed by atoms with Crippen LogP contribution in [0.2, 0.25) is 0 Å². The van der Waals surface area contributed by atoms with Crippen LogP contribution < -0.4 is 22.2 Å². The van der Waals surface area contributed by atoms with Gasteiger partial charge in [0.05, 0.1) is 28.5 Å². The molecule has 0 aliphatic rings. The van der Waals surface area contributed by atoms with Gasteiger partial charge in [-0.2, -0.15) is 18.3 Å². The summed E-state index contributed by atoms with van der Waals surface area (Å²) >= 11 is 0. The number of hydrogen-bond acceptors (Lipinski definition) is 6. The lowest BCUT2D eigenvalue weighted by Gasteiger charge is -2.18. The summed E-state index contributed by atoms with van der Waals surface area (Å²) < 4.78 is 81.8. The molecule has 39 heavy (non-hydrogen) atoms. The summed E-state index contributed by atoms with van der Waals surface area (Å²) in [5.74, 6) is -1.22. The SMILES string of the molecule is C[C@@H](CCCn1ccc2cc(-c3ccc(C(F)F)c(N)n3)c(F)cc2c1=O)Nc1cn[nH]c(=O)c1C(F)(F)F. The number of aromatic nitrogens is 4. The normalized spacial score (nSPS) is 12.7. The number of nitrogens with zero attached hydrogens (tertiary/aromatic N) is 3. The van der Waals surface area contributed by atoms with E-state index in [1.165, 1.54) is 22.9 Å². The van der Waals surface area contributed by atoms with Crippen LogP contribution in [0.5, 0.6) is 0 Å². The summed E-state index contributed by atoms with van der Waals surface area (Å²) in [7, 11) is 0. The van der Waals surface area contributed by atoms with Crippen molar-refractivity contribution in [2.45, 2.75) is 45.0 Å². The number of hydrogen-bond donors (Lipinski definition) is 3. The molecule has 0 saturated carbocycles. The largest absolute Gasteiger partial charge is 0.423 e. The zero-order valence-electron chi connectivity index (χ0n) is 20.3. The van der Waals surface area contributed by atoms with E-state index in [0.29, 0.717) is 18.2 Å². The molecule has 0 radical (unpaired) electrons. The van der Waals surface area contributed by atoms with E-state index in [9.17, 15) is 35.9 Å².